The fraction of sp³-hybridized carbons (Fsp3) is 0.333. The van der Waals surface area contributed by atoms with Gasteiger partial charge in [0.05, 0.1) is 34.5 Å². The number of hydrogen-bond donors (Lipinski definition) is 1. The maximum Gasteiger partial charge on any atom is 0.254 e. The van der Waals surface area contributed by atoms with Gasteiger partial charge >= 0.3 is 0 Å². The molecule has 0 saturated carbocycles. The molecule has 1 unspecified atom stereocenters. The van der Waals surface area contributed by atoms with Crippen LogP contribution in [0.15, 0.2) is 42.7 Å². The number of carbonyl (C=O) groups excluding carboxylic acids is 1. The summed E-state index contributed by atoms with van der Waals surface area (Å²) < 4.78 is 24.8. The molecular formula is C15H17N3O3S. The van der Waals surface area contributed by atoms with Crippen LogP contribution in [0.1, 0.15) is 23.7 Å². The number of carbonyl (C=O) groups is 1. The maximum atomic E-state index is 12.3. The van der Waals surface area contributed by atoms with E-state index in [0.29, 0.717) is 12.0 Å². The number of sulfone groups is 1. The summed E-state index contributed by atoms with van der Waals surface area (Å²) in [5.74, 6) is -0.201. The molecule has 1 aliphatic heterocycles. The molecule has 1 aromatic heterocycles. The lowest BCUT2D eigenvalue weighted by molar-refractivity contribution is 0.0915. The lowest BCUT2D eigenvalue weighted by atomic mass is 10.0. The third-order valence-corrected chi connectivity index (χ3v) is 5.69. The van der Waals surface area contributed by atoms with Crippen LogP contribution in [0.25, 0.3) is 5.69 Å². The SMILES string of the molecule is CC1(NC(=O)c2cnn(-c3ccccc3)c2)CCS(=O)(=O)C1. The fourth-order valence-electron chi connectivity index (χ4n) is 2.62. The molecule has 22 heavy (non-hydrogen) atoms. The lowest BCUT2D eigenvalue weighted by Gasteiger charge is -2.23. The molecule has 0 aliphatic carbocycles. The summed E-state index contributed by atoms with van der Waals surface area (Å²) in [4.78, 5) is 12.3. The zero-order valence-electron chi connectivity index (χ0n) is 12.2. The summed E-state index contributed by atoms with van der Waals surface area (Å²) >= 11 is 0. The van der Waals surface area contributed by atoms with Crippen molar-refractivity contribution < 1.29 is 13.2 Å². The molecule has 0 bridgehead atoms. The van der Waals surface area contributed by atoms with Crippen molar-refractivity contribution in [2.75, 3.05) is 11.5 Å². The number of benzene rings is 1. The first kappa shape index (κ1) is 14.8. The van der Waals surface area contributed by atoms with Gasteiger partial charge in [-0.2, -0.15) is 5.10 Å². The van der Waals surface area contributed by atoms with Crippen LogP contribution in [0.4, 0.5) is 0 Å². The fourth-order valence-corrected chi connectivity index (χ4v) is 4.71. The zero-order valence-corrected chi connectivity index (χ0v) is 13.0. The summed E-state index contributed by atoms with van der Waals surface area (Å²) in [7, 11) is -3.06. The van der Waals surface area contributed by atoms with E-state index in [9.17, 15) is 13.2 Å². The molecule has 0 spiro atoms. The zero-order chi connectivity index (χ0) is 15.8. The molecule has 3 rings (SSSR count). The highest BCUT2D eigenvalue weighted by Gasteiger charge is 2.39. The standard InChI is InChI=1S/C15H17N3O3S/c1-15(7-8-22(20,21)11-15)17-14(19)12-9-16-18(10-12)13-5-3-2-4-6-13/h2-6,9-10H,7-8,11H2,1H3,(H,17,19). The molecule has 116 valence electrons. The molecule has 1 saturated heterocycles. The van der Waals surface area contributed by atoms with Gasteiger partial charge in [0.15, 0.2) is 9.84 Å². The number of rotatable bonds is 3. The van der Waals surface area contributed by atoms with Crippen LogP contribution in [-0.4, -0.2) is 41.2 Å². The van der Waals surface area contributed by atoms with E-state index < -0.39 is 15.4 Å². The van der Waals surface area contributed by atoms with Gasteiger partial charge in [-0.1, -0.05) is 18.2 Å². The van der Waals surface area contributed by atoms with E-state index in [1.54, 1.807) is 17.8 Å². The van der Waals surface area contributed by atoms with Crippen molar-refractivity contribution >= 4 is 15.7 Å². The summed E-state index contributed by atoms with van der Waals surface area (Å²) in [5, 5.41) is 6.99. The topological polar surface area (TPSA) is 81.1 Å². The second kappa shape index (κ2) is 5.24. The average molecular weight is 319 g/mol. The quantitative estimate of drug-likeness (QED) is 0.921. The second-order valence-electron chi connectivity index (χ2n) is 5.87. The third-order valence-electron chi connectivity index (χ3n) is 3.78. The Morgan fingerprint density at radius 1 is 1.32 bits per heavy atom. The van der Waals surface area contributed by atoms with E-state index in [2.05, 4.69) is 10.4 Å². The first-order valence-corrected chi connectivity index (χ1v) is 8.82. The Bertz CT molecular complexity index is 798. The first-order chi connectivity index (χ1) is 10.4. The van der Waals surface area contributed by atoms with Gasteiger partial charge in [-0.15, -0.1) is 0 Å². The molecule has 1 N–H and O–H groups in total. The van der Waals surface area contributed by atoms with Gasteiger partial charge in [0.1, 0.15) is 0 Å². The monoisotopic (exact) mass is 319 g/mol. The predicted molar refractivity (Wildman–Crippen MR) is 82.7 cm³/mol. The van der Waals surface area contributed by atoms with Crippen molar-refractivity contribution in [2.24, 2.45) is 0 Å². The third kappa shape index (κ3) is 3.04. The minimum absolute atomic E-state index is 0.0153. The smallest absolute Gasteiger partial charge is 0.254 e. The number of hydrogen-bond acceptors (Lipinski definition) is 4. The molecule has 2 heterocycles. The molecule has 1 aromatic carbocycles. The number of amides is 1. The van der Waals surface area contributed by atoms with E-state index in [0.717, 1.165) is 5.69 Å². The van der Waals surface area contributed by atoms with Crippen LogP contribution in [0.2, 0.25) is 0 Å². The molecule has 2 aromatic rings. The van der Waals surface area contributed by atoms with Crippen molar-refractivity contribution in [1.29, 1.82) is 0 Å². The minimum Gasteiger partial charge on any atom is -0.346 e. The Morgan fingerprint density at radius 3 is 2.68 bits per heavy atom. The molecular weight excluding hydrogens is 302 g/mol. The van der Waals surface area contributed by atoms with Gasteiger partial charge < -0.3 is 5.32 Å². The van der Waals surface area contributed by atoms with Crippen LogP contribution in [0, 0.1) is 0 Å². The molecule has 6 nitrogen and oxygen atoms in total. The van der Waals surface area contributed by atoms with Gasteiger partial charge in [-0.3, -0.25) is 4.79 Å². The molecule has 1 aliphatic rings. The van der Waals surface area contributed by atoms with Gasteiger partial charge in [0, 0.05) is 6.20 Å². The van der Waals surface area contributed by atoms with Crippen LogP contribution >= 0.6 is 0 Å². The summed E-state index contributed by atoms with van der Waals surface area (Å²) in [6.07, 6.45) is 3.56. The highest BCUT2D eigenvalue weighted by molar-refractivity contribution is 7.91. The highest BCUT2D eigenvalue weighted by Crippen LogP contribution is 2.23. The number of nitrogens with one attached hydrogen (secondary N) is 1. The van der Waals surface area contributed by atoms with Gasteiger partial charge in [-0.25, -0.2) is 13.1 Å². The van der Waals surface area contributed by atoms with E-state index >= 15 is 0 Å². The van der Waals surface area contributed by atoms with Gasteiger partial charge in [0.25, 0.3) is 5.91 Å². The summed E-state index contributed by atoms with van der Waals surface area (Å²) in [6.45, 7) is 1.76. The van der Waals surface area contributed by atoms with Crippen molar-refractivity contribution in [2.45, 2.75) is 18.9 Å². The van der Waals surface area contributed by atoms with Crippen LogP contribution in [0.5, 0.6) is 0 Å². The Balaban J connectivity index is 1.75. The van der Waals surface area contributed by atoms with Crippen molar-refractivity contribution in [3.8, 4) is 5.69 Å². The molecule has 1 atom stereocenters. The Morgan fingerprint density at radius 2 is 2.05 bits per heavy atom. The average Bonchev–Trinajstić information content (AvgIpc) is 3.05. The molecule has 1 fully saturated rings. The Hall–Kier alpha value is -2.15. The number of aromatic nitrogens is 2. The van der Waals surface area contributed by atoms with Crippen molar-refractivity contribution in [3.63, 3.8) is 0 Å². The maximum absolute atomic E-state index is 12.3. The molecule has 7 heteroatoms. The van der Waals surface area contributed by atoms with E-state index in [-0.39, 0.29) is 17.4 Å². The number of para-hydroxylation sites is 1. The first-order valence-electron chi connectivity index (χ1n) is 7.00. The second-order valence-corrected chi connectivity index (χ2v) is 8.05. The van der Waals surface area contributed by atoms with Crippen LogP contribution < -0.4 is 5.32 Å². The molecule has 0 radical (unpaired) electrons. The van der Waals surface area contributed by atoms with E-state index in [4.69, 9.17) is 0 Å². The summed E-state index contributed by atoms with van der Waals surface area (Å²) in [5.41, 5.74) is 0.565. The van der Waals surface area contributed by atoms with E-state index in [1.807, 2.05) is 30.3 Å². The van der Waals surface area contributed by atoms with Gasteiger partial charge in [-0.05, 0) is 25.5 Å². The lowest BCUT2D eigenvalue weighted by Crippen LogP contribution is -2.46. The Labute approximate surface area is 129 Å². The Kier molecular flexibility index (Phi) is 3.52. The summed E-state index contributed by atoms with van der Waals surface area (Å²) in [6, 6.07) is 9.46. The molecule has 1 amide bonds. The largest absolute Gasteiger partial charge is 0.346 e. The normalized spacial score (nSPS) is 23.3. The van der Waals surface area contributed by atoms with Gasteiger partial charge in [0.2, 0.25) is 0 Å². The van der Waals surface area contributed by atoms with Crippen molar-refractivity contribution in [1.82, 2.24) is 15.1 Å². The predicted octanol–water partition coefficient (Wildman–Crippen LogP) is 1.18. The van der Waals surface area contributed by atoms with E-state index in [1.165, 1.54) is 6.20 Å². The van der Waals surface area contributed by atoms with Crippen molar-refractivity contribution in [3.05, 3.63) is 48.3 Å². The highest BCUT2D eigenvalue weighted by atomic mass is 32.2. The van der Waals surface area contributed by atoms with Crippen LogP contribution in [0.3, 0.4) is 0 Å². The number of nitrogens with zero attached hydrogens (tertiary/aromatic N) is 2. The van der Waals surface area contributed by atoms with Crippen LogP contribution in [-0.2, 0) is 9.84 Å². The minimum atomic E-state index is -3.06.